The monoisotopic (exact) mass is 151 g/mol. The molecule has 10 heavy (non-hydrogen) atoms. The Morgan fingerprint density at radius 2 is 2.40 bits per heavy atom. The minimum Gasteiger partial charge on any atom is -0.260 e. The predicted molar refractivity (Wildman–Crippen MR) is 46.2 cm³/mol. The fourth-order valence-electron chi connectivity index (χ4n) is 0.672. The summed E-state index contributed by atoms with van der Waals surface area (Å²) in [4.78, 5) is 4.10. The van der Waals surface area contributed by atoms with Crippen molar-refractivity contribution in [2.24, 2.45) is 0 Å². The van der Waals surface area contributed by atoms with Gasteiger partial charge in [0.2, 0.25) is 0 Å². The van der Waals surface area contributed by atoms with Crippen LogP contribution in [-0.2, 0) is 0 Å². The van der Waals surface area contributed by atoms with Gasteiger partial charge in [-0.3, -0.25) is 4.98 Å². The highest BCUT2D eigenvalue weighted by molar-refractivity contribution is 7.80. The molecule has 0 spiro atoms. The summed E-state index contributed by atoms with van der Waals surface area (Å²) < 4.78 is 0. The molecule has 0 aliphatic rings. The van der Waals surface area contributed by atoms with Crippen LogP contribution in [0.25, 0.3) is 0 Å². The van der Waals surface area contributed by atoms with Gasteiger partial charge in [-0.2, -0.15) is 12.6 Å². The zero-order chi connectivity index (χ0) is 7.40. The molecule has 0 aromatic carbocycles. The third-order valence-electron chi connectivity index (χ3n) is 1.21. The van der Waals surface area contributed by atoms with E-state index in [0.29, 0.717) is 0 Å². The van der Waals surface area contributed by atoms with Gasteiger partial charge in [0.05, 0.1) is 10.9 Å². The van der Waals surface area contributed by atoms with Crippen LogP contribution >= 0.6 is 12.6 Å². The molecule has 2 heteroatoms. The zero-order valence-corrected chi connectivity index (χ0v) is 6.46. The Hall–Kier alpha value is -0.760. The molecular formula is C8H9NS. The van der Waals surface area contributed by atoms with Crippen molar-refractivity contribution in [3.63, 3.8) is 0 Å². The summed E-state index contributed by atoms with van der Waals surface area (Å²) in [6.45, 7) is 3.62. The SMILES string of the molecule is C=CC(S)c1ccccn1. The van der Waals surface area contributed by atoms with Crippen LogP contribution in [0.2, 0.25) is 0 Å². The third-order valence-corrected chi connectivity index (χ3v) is 1.69. The number of nitrogens with zero attached hydrogens (tertiary/aromatic N) is 1. The van der Waals surface area contributed by atoms with E-state index < -0.39 is 0 Å². The van der Waals surface area contributed by atoms with Gasteiger partial charge in [0.15, 0.2) is 0 Å². The van der Waals surface area contributed by atoms with Crippen molar-refractivity contribution in [2.45, 2.75) is 5.25 Å². The van der Waals surface area contributed by atoms with Gasteiger partial charge < -0.3 is 0 Å². The number of thiol groups is 1. The van der Waals surface area contributed by atoms with Crippen LogP contribution in [-0.4, -0.2) is 4.98 Å². The molecule has 0 amide bonds. The maximum absolute atomic E-state index is 4.24. The second-order valence-electron chi connectivity index (χ2n) is 1.94. The van der Waals surface area contributed by atoms with E-state index in [-0.39, 0.29) is 5.25 Å². The Balaban J connectivity index is 2.84. The number of hydrogen-bond donors (Lipinski definition) is 1. The summed E-state index contributed by atoms with van der Waals surface area (Å²) in [6, 6.07) is 5.75. The molecule has 1 aromatic heterocycles. The van der Waals surface area contributed by atoms with Crippen LogP contribution in [0.1, 0.15) is 10.9 Å². The Labute approximate surface area is 66.2 Å². The molecule has 1 heterocycles. The molecule has 1 aromatic rings. The van der Waals surface area contributed by atoms with E-state index in [2.05, 4.69) is 24.2 Å². The van der Waals surface area contributed by atoms with E-state index in [9.17, 15) is 0 Å². The molecule has 0 N–H and O–H groups in total. The number of aromatic nitrogens is 1. The van der Waals surface area contributed by atoms with E-state index in [4.69, 9.17) is 0 Å². The van der Waals surface area contributed by atoms with Crippen molar-refractivity contribution < 1.29 is 0 Å². The lowest BCUT2D eigenvalue weighted by molar-refractivity contribution is 1.10. The van der Waals surface area contributed by atoms with Crippen molar-refractivity contribution in [3.05, 3.63) is 42.7 Å². The highest BCUT2D eigenvalue weighted by Gasteiger charge is 1.99. The quantitative estimate of drug-likeness (QED) is 0.505. The second kappa shape index (κ2) is 3.42. The molecule has 0 radical (unpaired) electrons. The Kier molecular flexibility index (Phi) is 2.51. The average Bonchev–Trinajstić information content (AvgIpc) is 2.05. The van der Waals surface area contributed by atoms with Crippen LogP contribution in [0.3, 0.4) is 0 Å². The molecular weight excluding hydrogens is 142 g/mol. The fourth-order valence-corrected chi connectivity index (χ4v) is 0.824. The summed E-state index contributed by atoms with van der Waals surface area (Å²) in [7, 11) is 0. The van der Waals surface area contributed by atoms with E-state index in [0.717, 1.165) is 5.69 Å². The molecule has 0 saturated carbocycles. The maximum atomic E-state index is 4.24. The molecule has 52 valence electrons. The molecule has 0 fully saturated rings. The fraction of sp³-hybridized carbons (Fsp3) is 0.125. The van der Waals surface area contributed by atoms with E-state index in [1.165, 1.54) is 0 Å². The summed E-state index contributed by atoms with van der Waals surface area (Å²) >= 11 is 4.24. The molecule has 1 unspecified atom stereocenters. The van der Waals surface area contributed by atoms with Gasteiger partial charge in [-0.15, -0.1) is 6.58 Å². The molecule has 1 nitrogen and oxygen atoms in total. The molecule has 0 saturated heterocycles. The third kappa shape index (κ3) is 1.61. The lowest BCUT2D eigenvalue weighted by atomic mass is 10.3. The predicted octanol–water partition coefficient (Wildman–Crippen LogP) is 2.24. The van der Waals surface area contributed by atoms with Crippen molar-refractivity contribution in [1.82, 2.24) is 4.98 Å². The first kappa shape index (κ1) is 7.35. The number of hydrogen-bond acceptors (Lipinski definition) is 2. The van der Waals surface area contributed by atoms with Gasteiger partial charge in [0, 0.05) is 6.20 Å². The summed E-state index contributed by atoms with van der Waals surface area (Å²) in [5.41, 5.74) is 0.945. The van der Waals surface area contributed by atoms with Gasteiger partial charge in [-0.1, -0.05) is 12.1 Å². The van der Waals surface area contributed by atoms with E-state index >= 15 is 0 Å². The van der Waals surface area contributed by atoms with Crippen LogP contribution in [0.5, 0.6) is 0 Å². The normalized spacial score (nSPS) is 12.5. The van der Waals surface area contributed by atoms with Crippen molar-refractivity contribution in [2.75, 3.05) is 0 Å². The number of pyridine rings is 1. The van der Waals surface area contributed by atoms with Crippen molar-refractivity contribution in [3.8, 4) is 0 Å². The first-order valence-corrected chi connectivity index (χ1v) is 3.58. The van der Waals surface area contributed by atoms with Gasteiger partial charge in [0.1, 0.15) is 0 Å². The molecule has 0 aliphatic heterocycles. The summed E-state index contributed by atoms with van der Waals surface area (Å²) in [6.07, 6.45) is 3.51. The lowest BCUT2D eigenvalue weighted by Crippen LogP contribution is -1.87. The maximum Gasteiger partial charge on any atom is 0.0617 e. The largest absolute Gasteiger partial charge is 0.260 e. The van der Waals surface area contributed by atoms with Gasteiger partial charge in [-0.25, -0.2) is 0 Å². The zero-order valence-electron chi connectivity index (χ0n) is 5.57. The molecule has 0 aliphatic carbocycles. The highest BCUT2D eigenvalue weighted by Crippen LogP contribution is 2.16. The first-order chi connectivity index (χ1) is 4.84. The first-order valence-electron chi connectivity index (χ1n) is 3.06. The molecule has 1 atom stereocenters. The minimum atomic E-state index is 0.0567. The number of rotatable bonds is 2. The molecule has 0 bridgehead atoms. The highest BCUT2D eigenvalue weighted by atomic mass is 32.1. The second-order valence-corrected chi connectivity index (χ2v) is 2.49. The van der Waals surface area contributed by atoms with Gasteiger partial charge in [0.25, 0.3) is 0 Å². The van der Waals surface area contributed by atoms with Crippen molar-refractivity contribution >= 4 is 12.6 Å². The van der Waals surface area contributed by atoms with E-state index in [1.54, 1.807) is 12.3 Å². The van der Waals surface area contributed by atoms with Crippen LogP contribution in [0, 0.1) is 0 Å². The van der Waals surface area contributed by atoms with Gasteiger partial charge >= 0.3 is 0 Å². The van der Waals surface area contributed by atoms with Crippen LogP contribution in [0.4, 0.5) is 0 Å². The minimum absolute atomic E-state index is 0.0567. The summed E-state index contributed by atoms with van der Waals surface area (Å²) in [5, 5.41) is 0.0567. The lowest BCUT2D eigenvalue weighted by Gasteiger charge is -2.01. The Morgan fingerprint density at radius 3 is 2.90 bits per heavy atom. The van der Waals surface area contributed by atoms with Gasteiger partial charge in [-0.05, 0) is 12.1 Å². The smallest absolute Gasteiger partial charge is 0.0617 e. The topological polar surface area (TPSA) is 12.9 Å². The summed E-state index contributed by atoms with van der Waals surface area (Å²) in [5.74, 6) is 0. The average molecular weight is 151 g/mol. The van der Waals surface area contributed by atoms with Crippen molar-refractivity contribution in [1.29, 1.82) is 0 Å². The Morgan fingerprint density at radius 1 is 1.60 bits per heavy atom. The van der Waals surface area contributed by atoms with Crippen LogP contribution < -0.4 is 0 Å². The molecule has 1 rings (SSSR count). The van der Waals surface area contributed by atoms with Crippen LogP contribution in [0.15, 0.2) is 37.1 Å². The van der Waals surface area contributed by atoms with E-state index in [1.807, 2.05) is 18.2 Å². The standard InChI is InChI=1S/C8H9NS/c1-2-8(10)7-5-3-4-6-9-7/h2-6,8,10H,1H2. The Bertz CT molecular complexity index is 208.